The van der Waals surface area contributed by atoms with Gasteiger partial charge in [-0.1, -0.05) is 11.6 Å². The molecule has 0 unspecified atom stereocenters. The number of rotatable bonds is 5. The van der Waals surface area contributed by atoms with Gasteiger partial charge in [-0.2, -0.15) is 10.1 Å². The van der Waals surface area contributed by atoms with Crippen molar-refractivity contribution >= 4 is 23.2 Å². The fraction of sp³-hybridized carbons (Fsp3) is 0.200. The maximum absolute atomic E-state index is 12.9. The summed E-state index contributed by atoms with van der Waals surface area (Å²) in [6.07, 6.45) is 2.11. The summed E-state index contributed by atoms with van der Waals surface area (Å²) in [5, 5.41) is 10.2. The highest BCUT2D eigenvalue weighted by Gasteiger charge is 2.13. The van der Waals surface area contributed by atoms with Crippen molar-refractivity contribution in [2.45, 2.75) is 20.0 Å². The van der Waals surface area contributed by atoms with Crippen LogP contribution in [0.4, 0.5) is 16.0 Å². The smallest absolute Gasteiger partial charge is 0.319 e. The van der Waals surface area contributed by atoms with Crippen LogP contribution in [0.3, 0.4) is 0 Å². The van der Waals surface area contributed by atoms with E-state index in [0.717, 1.165) is 11.9 Å². The van der Waals surface area contributed by atoms with E-state index in [1.165, 1.54) is 12.3 Å². The Labute approximate surface area is 142 Å². The second kappa shape index (κ2) is 6.79. The fourth-order valence-corrected chi connectivity index (χ4v) is 2.08. The van der Waals surface area contributed by atoms with Crippen molar-refractivity contribution in [2.24, 2.45) is 0 Å². The van der Waals surface area contributed by atoms with Crippen molar-refractivity contribution in [3.05, 3.63) is 52.8 Å². The second-order valence-corrected chi connectivity index (χ2v) is 5.48. The number of anilines is 2. The van der Waals surface area contributed by atoms with E-state index in [9.17, 15) is 4.39 Å². The van der Waals surface area contributed by atoms with Gasteiger partial charge in [0.1, 0.15) is 16.9 Å². The molecule has 0 aliphatic carbocycles. The molecule has 24 heavy (non-hydrogen) atoms. The normalized spacial score (nSPS) is 12.0. The maximum atomic E-state index is 12.9. The van der Waals surface area contributed by atoms with Gasteiger partial charge in [-0.25, -0.2) is 9.37 Å². The summed E-state index contributed by atoms with van der Waals surface area (Å²) in [6, 6.07) is 4.79. The van der Waals surface area contributed by atoms with Gasteiger partial charge in [-0.15, -0.1) is 0 Å². The van der Waals surface area contributed by atoms with Crippen LogP contribution >= 0.6 is 11.6 Å². The molecule has 1 atom stereocenters. The molecule has 0 amide bonds. The molecule has 0 fully saturated rings. The maximum Gasteiger partial charge on any atom is 0.319 e. The van der Waals surface area contributed by atoms with Crippen LogP contribution in [0.1, 0.15) is 24.4 Å². The number of halogens is 2. The summed E-state index contributed by atoms with van der Waals surface area (Å²) >= 11 is 6.09. The third kappa shape index (κ3) is 3.77. The average molecular weight is 349 g/mol. The van der Waals surface area contributed by atoms with Gasteiger partial charge in [-0.05, 0) is 26.0 Å². The van der Waals surface area contributed by atoms with Crippen LogP contribution in [0.5, 0.6) is 6.01 Å². The van der Waals surface area contributed by atoms with Crippen molar-refractivity contribution in [3.8, 4) is 6.01 Å². The highest BCUT2D eigenvalue weighted by molar-refractivity contribution is 6.32. The van der Waals surface area contributed by atoms with Crippen molar-refractivity contribution in [1.82, 2.24) is 25.1 Å². The van der Waals surface area contributed by atoms with Crippen LogP contribution in [0.15, 0.2) is 30.6 Å². The molecule has 2 N–H and O–H groups in total. The van der Waals surface area contributed by atoms with E-state index in [0.29, 0.717) is 22.4 Å². The molecule has 0 bridgehead atoms. The molecular weight excluding hydrogens is 335 g/mol. The molecule has 9 heteroatoms. The number of hydrogen-bond donors (Lipinski definition) is 2. The molecule has 3 heterocycles. The van der Waals surface area contributed by atoms with E-state index in [-0.39, 0.29) is 6.01 Å². The molecule has 3 aromatic rings. The lowest BCUT2D eigenvalue weighted by Crippen LogP contribution is -2.08. The Morgan fingerprint density at radius 2 is 2.12 bits per heavy atom. The van der Waals surface area contributed by atoms with Crippen LogP contribution in [-0.4, -0.2) is 25.1 Å². The van der Waals surface area contributed by atoms with Crippen molar-refractivity contribution < 1.29 is 9.13 Å². The highest BCUT2D eigenvalue weighted by Crippen LogP contribution is 2.25. The zero-order valence-corrected chi connectivity index (χ0v) is 13.7. The fourth-order valence-electron chi connectivity index (χ4n) is 1.94. The van der Waals surface area contributed by atoms with Gasteiger partial charge in [0, 0.05) is 11.8 Å². The third-order valence-corrected chi connectivity index (χ3v) is 3.40. The molecule has 7 nitrogen and oxygen atoms in total. The zero-order chi connectivity index (χ0) is 17.1. The minimum absolute atomic E-state index is 0.118. The first-order valence-corrected chi connectivity index (χ1v) is 7.49. The lowest BCUT2D eigenvalue weighted by atomic mass is 10.2. The SMILES string of the molecule is Cc1cc(Nc2nc(O[C@H](C)c3ccc(F)cn3)ncc2Cl)n[nH]1. The number of H-pyrrole nitrogens is 1. The molecular formula is C15H14ClFN6O. The monoisotopic (exact) mass is 348 g/mol. The summed E-state index contributed by atoms with van der Waals surface area (Å²) in [4.78, 5) is 12.2. The van der Waals surface area contributed by atoms with E-state index in [1.54, 1.807) is 13.0 Å². The summed E-state index contributed by atoms with van der Waals surface area (Å²) in [7, 11) is 0. The number of aryl methyl sites for hydroxylation is 1. The van der Waals surface area contributed by atoms with E-state index in [4.69, 9.17) is 16.3 Å². The van der Waals surface area contributed by atoms with E-state index in [1.807, 2.05) is 13.0 Å². The van der Waals surface area contributed by atoms with Crippen LogP contribution in [0.2, 0.25) is 5.02 Å². The Hall–Kier alpha value is -2.74. The number of aromatic nitrogens is 5. The van der Waals surface area contributed by atoms with E-state index < -0.39 is 11.9 Å². The minimum Gasteiger partial charge on any atom is -0.454 e. The Balaban J connectivity index is 1.76. The molecule has 0 saturated heterocycles. The van der Waals surface area contributed by atoms with Gasteiger partial charge in [0.05, 0.1) is 18.1 Å². The average Bonchev–Trinajstić information content (AvgIpc) is 2.96. The largest absolute Gasteiger partial charge is 0.454 e. The van der Waals surface area contributed by atoms with Gasteiger partial charge in [-0.3, -0.25) is 10.1 Å². The third-order valence-electron chi connectivity index (χ3n) is 3.12. The number of ether oxygens (including phenoxy) is 1. The van der Waals surface area contributed by atoms with Gasteiger partial charge < -0.3 is 10.1 Å². The quantitative estimate of drug-likeness (QED) is 0.732. The number of nitrogens with zero attached hydrogens (tertiary/aromatic N) is 4. The lowest BCUT2D eigenvalue weighted by molar-refractivity contribution is 0.203. The van der Waals surface area contributed by atoms with Crippen LogP contribution in [0, 0.1) is 12.7 Å². The Bertz CT molecular complexity index is 838. The summed E-state index contributed by atoms with van der Waals surface area (Å²) < 4.78 is 18.6. The number of nitrogens with one attached hydrogen (secondary N) is 2. The first-order chi connectivity index (χ1) is 11.5. The second-order valence-electron chi connectivity index (χ2n) is 5.07. The predicted molar refractivity (Wildman–Crippen MR) is 86.9 cm³/mol. The summed E-state index contributed by atoms with van der Waals surface area (Å²) in [6.45, 7) is 3.65. The number of pyridine rings is 1. The van der Waals surface area contributed by atoms with Crippen LogP contribution in [0.25, 0.3) is 0 Å². The zero-order valence-electron chi connectivity index (χ0n) is 12.9. The van der Waals surface area contributed by atoms with E-state index >= 15 is 0 Å². The molecule has 0 spiro atoms. The van der Waals surface area contributed by atoms with Gasteiger partial charge in [0.2, 0.25) is 0 Å². The molecule has 0 aliphatic rings. The summed E-state index contributed by atoms with van der Waals surface area (Å²) in [5.74, 6) is 0.536. The highest BCUT2D eigenvalue weighted by atomic mass is 35.5. The van der Waals surface area contributed by atoms with Crippen LogP contribution < -0.4 is 10.1 Å². The van der Waals surface area contributed by atoms with Gasteiger partial charge >= 0.3 is 6.01 Å². The standard InChI is InChI=1S/C15H14ClFN6O/c1-8-5-13(23-22-8)20-14-11(16)7-19-15(21-14)24-9(2)12-4-3-10(17)6-18-12/h3-7,9H,1-2H3,(H2,19,20,21,22,23)/t9-/m1/s1. The first-order valence-electron chi connectivity index (χ1n) is 7.11. The van der Waals surface area contributed by atoms with Crippen molar-refractivity contribution in [2.75, 3.05) is 5.32 Å². The first kappa shape index (κ1) is 16.1. The molecule has 3 rings (SSSR count). The summed E-state index contributed by atoms with van der Waals surface area (Å²) in [5.41, 5.74) is 1.46. The van der Waals surface area contributed by atoms with E-state index in [2.05, 4.69) is 30.5 Å². The van der Waals surface area contributed by atoms with Gasteiger partial charge in [0.15, 0.2) is 11.6 Å². The molecule has 0 saturated carbocycles. The van der Waals surface area contributed by atoms with Gasteiger partial charge in [0.25, 0.3) is 0 Å². The molecule has 0 aromatic carbocycles. The molecule has 124 valence electrons. The molecule has 3 aromatic heterocycles. The minimum atomic E-state index is -0.452. The van der Waals surface area contributed by atoms with Crippen molar-refractivity contribution in [1.29, 1.82) is 0 Å². The Morgan fingerprint density at radius 3 is 2.79 bits per heavy atom. The van der Waals surface area contributed by atoms with Crippen molar-refractivity contribution in [3.63, 3.8) is 0 Å². The molecule has 0 aliphatic heterocycles. The number of aromatic amines is 1. The van der Waals surface area contributed by atoms with Crippen LogP contribution in [-0.2, 0) is 0 Å². The molecule has 0 radical (unpaired) electrons. The lowest BCUT2D eigenvalue weighted by Gasteiger charge is -2.13. The topological polar surface area (TPSA) is 88.6 Å². The Morgan fingerprint density at radius 1 is 1.29 bits per heavy atom. The predicted octanol–water partition coefficient (Wildman–Crippen LogP) is 3.58. The number of hydrogen-bond acceptors (Lipinski definition) is 6. The Kier molecular flexibility index (Phi) is 4.57.